The van der Waals surface area contributed by atoms with Crippen LogP contribution in [0.15, 0.2) is 24.3 Å². The number of ketones is 1. The minimum atomic E-state index is -0.465. The number of fused-ring (bicyclic) bond motifs is 1. The van der Waals surface area contributed by atoms with E-state index in [2.05, 4.69) is 22.5 Å². The Morgan fingerprint density at radius 2 is 2.00 bits per heavy atom. The van der Waals surface area contributed by atoms with Crippen LogP contribution in [0.2, 0.25) is 0 Å². The summed E-state index contributed by atoms with van der Waals surface area (Å²) < 4.78 is 2.14. The number of nitrogens with two attached hydrogens (primary N) is 1. The first-order chi connectivity index (χ1) is 9.84. The zero-order chi connectivity index (χ0) is 15.6. The number of hydrogen-bond acceptors (Lipinski definition) is 3. The fourth-order valence-electron chi connectivity index (χ4n) is 2.48. The summed E-state index contributed by atoms with van der Waals surface area (Å²) in [5.41, 5.74) is 7.88. The highest BCUT2D eigenvalue weighted by molar-refractivity contribution is 5.87. The zero-order valence-electron chi connectivity index (χ0n) is 13.4. The Kier molecular flexibility index (Phi) is 4.47. The van der Waals surface area contributed by atoms with Gasteiger partial charge in [-0.3, -0.25) is 4.79 Å². The number of hydrogen-bond donors (Lipinski definition) is 1. The predicted octanol–water partition coefficient (Wildman–Crippen LogP) is 2.93. The van der Waals surface area contributed by atoms with Gasteiger partial charge in [-0.2, -0.15) is 0 Å². The molecule has 0 aliphatic rings. The second-order valence-electron chi connectivity index (χ2n) is 6.66. The number of nitrogens with zero attached hydrogens (tertiary/aromatic N) is 2. The van der Waals surface area contributed by atoms with E-state index in [1.165, 1.54) is 0 Å². The van der Waals surface area contributed by atoms with Gasteiger partial charge in [0.25, 0.3) is 0 Å². The van der Waals surface area contributed by atoms with E-state index in [0.717, 1.165) is 29.8 Å². The first-order valence-corrected chi connectivity index (χ1v) is 7.57. The molecule has 0 bridgehead atoms. The molecule has 0 aliphatic heterocycles. The molecular weight excluding hydrogens is 262 g/mol. The standard InChI is InChI=1S/C17H25N3O/c1-5-10-20-13-9-7-6-8-12(13)19-15(20)11-14(21)16(18)17(2,3)4/h6-9,16H,5,10-11,18H2,1-4H3. The summed E-state index contributed by atoms with van der Waals surface area (Å²) in [6.07, 6.45) is 1.31. The molecule has 4 nitrogen and oxygen atoms in total. The molecule has 1 heterocycles. The highest BCUT2D eigenvalue weighted by atomic mass is 16.1. The fourth-order valence-corrected chi connectivity index (χ4v) is 2.48. The Morgan fingerprint density at radius 1 is 1.33 bits per heavy atom. The number of aromatic nitrogens is 2. The van der Waals surface area contributed by atoms with E-state index in [1.807, 2.05) is 39.0 Å². The molecular formula is C17H25N3O. The topological polar surface area (TPSA) is 60.9 Å². The molecule has 1 unspecified atom stereocenters. The summed E-state index contributed by atoms with van der Waals surface area (Å²) in [4.78, 5) is 17.0. The molecule has 0 saturated heterocycles. The minimum Gasteiger partial charge on any atom is -0.328 e. The van der Waals surface area contributed by atoms with E-state index in [9.17, 15) is 4.79 Å². The summed E-state index contributed by atoms with van der Waals surface area (Å²) >= 11 is 0. The Bertz CT molecular complexity index is 637. The number of carbonyl (C=O) groups is 1. The molecule has 0 aliphatic carbocycles. The van der Waals surface area contributed by atoms with Crippen molar-refractivity contribution in [1.82, 2.24) is 9.55 Å². The van der Waals surface area contributed by atoms with E-state index in [4.69, 9.17) is 5.73 Å². The van der Waals surface area contributed by atoms with Crippen molar-refractivity contribution in [2.75, 3.05) is 0 Å². The lowest BCUT2D eigenvalue weighted by molar-refractivity contribution is -0.121. The van der Waals surface area contributed by atoms with Crippen LogP contribution >= 0.6 is 0 Å². The highest BCUT2D eigenvalue weighted by Gasteiger charge is 2.28. The van der Waals surface area contributed by atoms with Crippen molar-refractivity contribution in [3.63, 3.8) is 0 Å². The molecule has 2 aromatic rings. The van der Waals surface area contributed by atoms with Gasteiger partial charge in [0, 0.05) is 6.54 Å². The minimum absolute atomic E-state index is 0.0511. The zero-order valence-corrected chi connectivity index (χ0v) is 13.4. The van der Waals surface area contributed by atoms with Gasteiger partial charge in [0.2, 0.25) is 0 Å². The molecule has 0 fully saturated rings. The van der Waals surface area contributed by atoms with Gasteiger partial charge in [0.15, 0.2) is 5.78 Å². The van der Waals surface area contributed by atoms with Gasteiger partial charge in [-0.15, -0.1) is 0 Å². The quantitative estimate of drug-likeness (QED) is 0.919. The monoisotopic (exact) mass is 287 g/mol. The van der Waals surface area contributed by atoms with Crippen molar-refractivity contribution in [2.24, 2.45) is 11.1 Å². The SMILES string of the molecule is CCCn1c(CC(=O)C(N)C(C)(C)C)nc2ccccc21. The predicted molar refractivity (Wildman–Crippen MR) is 86.2 cm³/mol. The summed E-state index contributed by atoms with van der Waals surface area (Å²) in [6.45, 7) is 8.97. The lowest BCUT2D eigenvalue weighted by atomic mass is 9.84. The normalized spacial score (nSPS) is 13.6. The van der Waals surface area contributed by atoms with Gasteiger partial charge in [-0.25, -0.2) is 4.98 Å². The van der Waals surface area contributed by atoms with Crippen LogP contribution in [0.25, 0.3) is 11.0 Å². The molecule has 0 spiro atoms. The maximum atomic E-state index is 12.4. The van der Waals surface area contributed by atoms with Gasteiger partial charge >= 0.3 is 0 Å². The Balaban J connectivity index is 2.33. The Morgan fingerprint density at radius 3 is 2.62 bits per heavy atom. The van der Waals surface area contributed by atoms with Crippen molar-refractivity contribution in [2.45, 2.75) is 53.1 Å². The van der Waals surface area contributed by atoms with Gasteiger partial charge in [0.1, 0.15) is 5.82 Å². The molecule has 2 rings (SSSR count). The Labute approximate surface area is 126 Å². The Hall–Kier alpha value is -1.68. The number of rotatable bonds is 5. The van der Waals surface area contributed by atoms with Crippen molar-refractivity contribution < 1.29 is 4.79 Å². The molecule has 114 valence electrons. The number of imidazole rings is 1. The molecule has 4 heteroatoms. The van der Waals surface area contributed by atoms with Crippen LogP contribution in [-0.2, 0) is 17.8 Å². The second-order valence-corrected chi connectivity index (χ2v) is 6.66. The summed E-state index contributed by atoms with van der Waals surface area (Å²) in [7, 11) is 0. The van der Waals surface area contributed by atoms with E-state index >= 15 is 0 Å². The molecule has 0 amide bonds. The summed E-state index contributed by atoms with van der Waals surface area (Å²) in [6, 6.07) is 7.54. The van der Waals surface area contributed by atoms with E-state index < -0.39 is 6.04 Å². The lowest BCUT2D eigenvalue weighted by Gasteiger charge is -2.25. The molecule has 1 atom stereocenters. The molecule has 2 N–H and O–H groups in total. The van der Waals surface area contributed by atoms with Gasteiger partial charge < -0.3 is 10.3 Å². The fraction of sp³-hybridized carbons (Fsp3) is 0.529. The van der Waals surface area contributed by atoms with Crippen LogP contribution in [0.1, 0.15) is 39.9 Å². The summed E-state index contributed by atoms with van der Waals surface area (Å²) in [5.74, 6) is 0.873. The molecule has 0 saturated carbocycles. The van der Waals surface area contributed by atoms with Crippen LogP contribution in [-0.4, -0.2) is 21.4 Å². The van der Waals surface area contributed by atoms with Gasteiger partial charge in [0.05, 0.1) is 23.5 Å². The average Bonchev–Trinajstić information content (AvgIpc) is 2.75. The third-order valence-corrected chi connectivity index (χ3v) is 3.79. The van der Waals surface area contributed by atoms with Crippen molar-refractivity contribution >= 4 is 16.8 Å². The lowest BCUT2D eigenvalue weighted by Crippen LogP contribution is -2.43. The number of benzene rings is 1. The van der Waals surface area contributed by atoms with Crippen molar-refractivity contribution in [3.05, 3.63) is 30.1 Å². The van der Waals surface area contributed by atoms with Crippen molar-refractivity contribution in [3.8, 4) is 0 Å². The van der Waals surface area contributed by atoms with E-state index in [1.54, 1.807) is 0 Å². The van der Waals surface area contributed by atoms with Crippen LogP contribution in [0, 0.1) is 5.41 Å². The van der Waals surface area contributed by atoms with Crippen LogP contribution in [0.3, 0.4) is 0 Å². The van der Waals surface area contributed by atoms with Crippen molar-refractivity contribution in [1.29, 1.82) is 0 Å². The highest BCUT2D eigenvalue weighted by Crippen LogP contribution is 2.21. The molecule has 1 aromatic carbocycles. The summed E-state index contributed by atoms with van der Waals surface area (Å²) in [5, 5.41) is 0. The van der Waals surface area contributed by atoms with Gasteiger partial charge in [-0.1, -0.05) is 39.8 Å². The van der Waals surface area contributed by atoms with Crippen LogP contribution in [0.5, 0.6) is 0 Å². The smallest absolute Gasteiger partial charge is 0.157 e. The number of aryl methyl sites for hydroxylation is 1. The number of Topliss-reactive ketones (excluding diaryl/α,β-unsaturated/α-hetero) is 1. The van der Waals surface area contributed by atoms with E-state index in [0.29, 0.717) is 6.42 Å². The van der Waals surface area contributed by atoms with Crippen LogP contribution < -0.4 is 5.73 Å². The first kappa shape index (κ1) is 15.7. The largest absolute Gasteiger partial charge is 0.328 e. The molecule has 0 radical (unpaired) electrons. The molecule has 1 aromatic heterocycles. The van der Waals surface area contributed by atoms with E-state index in [-0.39, 0.29) is 11.2 Å². The third kappa shape index (κ3) is 3.32. The van der Waals surface area contributed by atoms with Crippen LogP contribution in [0.4, 0.5) is 0 Å². The maximum absolute atomic E-state index is 12.4. The first-order valence-electron chi connectivity index (χ1n) is 7.57. The maximum Gasteiger partial charge on any atom is 0.157 e. The van der Waals surface area contributed by atoms with Gasteiger partial charge in [-0.05, 0) is 24.0 Å². The second kappa shape index (κ2) is 5.98. The third-order valence-electron chi connectivity index (χ3n) is 3.79. The molecule has 21 heavy (non-hydrogen) atoms. The number of carbonyl (C=O) groups excluding carboxylic acids is 1. The average molecular weight is 287 g/mol. The number of para-hydroxylation sites is 2.